The van der Waals surface area contributed by atoms with Crippen molar-refractivity contribution in [3.8, 4) is 0 Å². The Morgan fingerprint density at radius 1 is 0.864 bits per heavy atom. The van der Waals surface area contributed by atoms with Crippen LogP contribution in [0.1, 0.15) is 32.6 Å². The van der Waals surface area contributed by atoms with Crippen LogP contribution in [0.4, 0.5) is 0 Å². The first-order valence-electron chi connectivity index (χ1n) is 7.72. The number of hydrogen-bond donors (Lipinski definition) is 0. The predicted molar refractivity (Wildman–Crippen MR) is 97.5 cm³/mol. The average Bonchev–Trinajstić information content (AvgIpc) is 2.57. The van der Waals surface area contributed by atoms with E-state index < -0.39 is 4.08 Å². The maximum Gasteiger partial charge on any atom is 0.146 e. The first kappa shape index (κ1) is 17.2. The van der Waals surface area contributed by atoms with Gasteiger partial charge in [0.25, 0.3) is 0 Å². The summed E-state index contributed by atoms with van der Waals surface area (Å²) >= 11 is 3.35. The molecule has 0 aromatic heterocycles. The van der Waals surface area contributed by atoms with E-state index in [1.807, 2.05) is 36.4 Å². The summed E-state index contributed by atoms with van der Waals surface area (Å²) in [6, 6.07) is 20.4. The highest BCUT2D eigenvalue weighted by molar-refractivity contribution is 8.19. The van der Waals surface area contributed by atoms with E-state index in [2.05, 4.69) is 31.2 Å². The molecular weight excluding hydrogens is 308 g/mol. The van der Waals surface area contributed by atoms with Gasteiger partial charge in [-0.2, -0.15) is 0 Å². The van der Waals surface area contributed by atoms with Crippen molar-refractivity contribution in [1.82, 2.24) is 0 Å². The number of carbonyl (C=O) groups excluding carboxylic acids is 1. The minimum atomic E-state index is -0.447. The van der Waals surface area contributed by atoms with Gasteiger partial charge in [-0.3, -0.25) is 0 Å². The number of aldehydes is 1. The first-order valence-corrected chi connectivity index (χ1v) is 9.36. The Kier molecular flexibility index (Phi) is 7.07. The van der Waals surface area contributed by atoms with Crippen LogP contribution in [0.2, 0.25) is 0 Å². The molecule has 2 aromatic rings. The van der Waals surface area contributed by atoms with Crippen molar-refractivity contribution in [2.75, 3.05) is 0 Å². The van der Waals surface area contributed by atoms with Crippen molar-refractivity contribution in [3.05, 3.63) is 60.7 Å². The van der Waals surface area contributed by atoms with Crippen molar-refractivity contribution >= 4 is 29.8 Å². The van der Waals surface area contributed by atoms with Gasteiger partial charge < -0.3 is 4.79 Å². The standard InChI is InChI=1S/C19H22OS2/c1-2-3-10-15-19(16-20,21-17-11-6-4-7-12-17)22-18-13-8-5-9-14-18/h4-9,11-14,16H,2-3,10,15H2,1H3. The largest absolute Gasteiger partial charge is 0.301 e. The minimum absolute atomic E-state index is 0.447. The molecule has 22 heavy (non-hydrogen) atoms. The van der Waals surface area contributed by atoms with Crippen molar-refractivity contribution in [2.45, 2.75) is 46.5 Å². The molecule has 0 saturated heterocycles. The smallest absolute Gasteiger partial charge is 0.146 e. The number of unbranched alkanes of at least 4 members (excludes halogenated alkanes) is 2. The van der Waals surface area contributed by atoms with Crippen LogP contribution in [0.3, 0.4) is 0 Å². The molecule has 1 nitrogen and oxygen atoms in total. The molecule has 3 heteroatoms. The lowest BCUT2D eigenvalue weighted by molar-refractivity contribution is -0.108. The van der Waals surface area contributed by atoms with E-state index >= 15 is 0 Å². The van der Waals surface area contributed by atoms with Crippen molar-refractivity contribution < 1.29 is 4.79 Å². The van der Waals surface area contributed by atoms with Crippen LogP contribution in [0.25, 0.3) is 0 Å². The monoisotopic (exact) mass is 330 g/mol. The predicted octanol–water partition coefficient (Wildman–Crippen LogP) is 6.05. The normalized spacial score (nSPS) is 11.3. The van der Waals surface area contributed by atoms with E-state index in [-0.39, 0.29) is 0 Å². The van der Waals surface area contributed by atoms with Crippen LogP contribution in [0, 0.1) is 0 Å². The zero-order valence-electron chi connectivity index (χ0n) is 12.9. The fraction of sp³-hybridized carbons (Fsp3) is 0.316. The van der Waals surface area contributed by atoms with Gasteiger partial charge in [-0.05, 0) is 30.7 Å². The highest BCUT2D eigenvalue weighted by Crippen LogP contribution is 2.47. The lowest BCUT2D eigenvalue weighted by atomic mass is 10.1. The zero-order valence-corrected chi connectivity index (χ0v) is 14.5. The Morgan fingerprint density at radius 3 is 1.77 bits per heavy atom. The number of carbonyl (C=O) groups is 1. The van der Waals surface area contributed by atoms with Crippen molar-refractivity contribution in [1.29, 1.82) is 0 Å². The Morgan fingerprint density at radius 2 is 1.36 bits per heavy atom. The van der Waals surface area contributed by atoms with Crippen LogP contribution in [0.5, 0.6) is 0 Å². The van der Waals surface area contributed by atoms with E-state index in [9.17, 15) is 4.79 Å². The van der Waals surface area contributed by atoms with Gasteiger partial charge in [-0.1, -0.05) is 62.6 Å². The third-order valence-corrected chi connectivity index (χ3v) is 6.18. The van der Waals surface area contributed by atoms with Gasteiger partial charge in [0.15, 0.2) is 0 Å². The summed E-state index contributed by atoms with van der Waals surface area (Å²) < 4.78 is -0.447. The summed E-state index contributed by atoms with van der Waals surface area (Å²) in [6.45, 7) is 2.19. The van der Waals surface area contributed by atoms with Crippen LogP contribution >= 0.6 is 23.5 Å². The lowest BCUT2D eigenvalue weighted by Gasteiger charge is -2.27. The number of rotatable bonds is 9. The van der Waals surface area contributed by atoms with Crippen LogP contribution in [-0.4, -0.2) is 10.4 Å². The molecular formula is C19H22OS2. The molecule has 0 fully saturated rings. The lowest BCUT2D eigenvalue weighted by Crippen LogP contribution is -2.22. The van der Waals surface area contributed by atoms with E-state index in [0.29, 0.717) is 0 Å². The second kappa shape index (κ2) is 9.06. The maximum atomic E-state index is 12.0. The third-order valence-electron chi connectivity index (χ3n) is 3.38. The molecule has 0 atom stereocenters. The quantitative estimate of drug-likeness (QED) is 0.241. The van der Waals surface area contributed by atoms with Gasteiger partial charge in [0.05, 0.1) is 0 Å². The molecule has 0 N–H and O–H groups in total. The molecule has 0 heterocycles. The van der Waals surface area contributed by atoms with Crippen LogP contribution in [-0.2, 0) is 4.79 Å². The molecule has 0 amide bonds. The molecule has 116 valence electrons. The minimum Gasteiger partial charge on any atom is -0.301 e. The molecule has 0 spiro atoms. The Hall–Kier alpha value is -1.19. The van der Waals surface area contributed by atoms with E-state index in [4.69, 9.17) is 0 Å². The van der Waals surface area contributed by atoms with Gasteiger partial charge in [-0.15, -0.1) is 23.5 Å². The highest BCUT2D eigenvalue weighted by atomic mass is 32.2. The molecule has 0 aliphatic heterocycles. The molecule has 0 aliphatic carbocycles. The molecule has 0 unspecified atom stereocenters. The number of thioether (sulfide) groups is 2. The Bertz CT molecular complexity index is 513. The van der Waals surface area contributed by atoms with Crippen LogP contribution < -0.4 is 0 Å². The second-order valence-electron chi connectivity index (χ2n) is 5.22. The van der Waals surface area contributed by atoms with Crippen molar-refractivity contribution in [2.24, 2.45) is 0 Å². The first-order chi connectivity index (χ1) is 10.8. The molecule has 0 saturated carbocycles. The highest BCUT2D eigenvalue weighted by Gasteiger charge is 2.32. The third kappa shape index (κ3) is 5.22. The van der Waals surface area contributed by atoms with Gasteiger partial charge in [0, 0.05) is 9.79 Å². The fourth-order valence-corrected chi connectivity index (χ4v) is 4.94. The second-order valence-corrected chi connectivity index (χ2v) is 8.28. The summed E-state index contributed by atoms with van der Waals surface area (Å²) in [4.78, 5) is 14.3. The van der Waals surface area contributed by atoms with Crippen molar-refractivity contribution in [3.63, 3.8) is 0 Å². The summed E-state index contributed by atoms with van der Waals surface area (Å²) in [5.41, 5.74) is 0. The van der Waals surface area contributed by atoms with Gasteiger partial charge in [0.2, 0.25) is 0 Å². The summed E-state index contributed by atoms with van der Waals surface area (Å²) in [5.74, 6) is 0. The molecule has 2 rings (SSSR count). The maximum absolute atomic E-state index is 12.0. The van der Waals surface area contributed by atoms with E-state index in [1.54, 1.807) is 23.5 Å². The Balaban J connectivity index is 2.19. The molecule has 0 radical (unpaired) electrons. The summed E-state index contributed by atoms with van der Waals surface area (Å²) in [5, 5.41) is 0. The number of hydrogen-bond acceptors (Lipinski definition) is 3. The van der Waals surface area contributed by atoms with Gasteiger partial charge >= 0.3 is 0 Å². The Labute approximate surface area is 141 Å². The zero-order chi connectivity index (χ0) is 15.7. The topological polar surface area (TPSA) is 17.1 Å². The number of benzene rings is 2. The summed E-state index contributed by atoms with van der Waals surface area (Å²) in [7, 11) is 0. The van der Waals surface area contributed by atoms with E-state index in [1.165, 1.54) is 12.8 Å². The van der Waals surface area contributed by atoms with Gasteiger partial charge in [-0.25, -0.2) is 0 Å². The molecule has 0 aliphatic rings. The summed E-state index contributed by atoms with van der Waals surface area (Å²) in [6.07, 6.45) is 5.44. The molecule has 2 aromatic carbocycles. The average molecular weight is 331 g/mol. The van der Waals surface area contributed by atoms with E-state index in [0.717, 1.165) is 28.9 Å². The van der Waals surface area contributed by atoms with Gasteiger partial charge in [0.1, 0.15) is 10.4 Å². The SMILES string of the molecule is CCCCCC(C=O)(Sc1ccccc1)Sc1ccccc1. The fourth-order valence-electron chi connectivity index (χ4n) is 2.23. The molecule has 0 bridgehead atoms. The van der Waals surface area contributed by atoms with Crippen LogP contribution in [0.15, 0.2) is 70.5 Å².